The molecular weight excluding hydrogens is 150 g/mol. The second-order valence-electron chi connectivity index (χ2n) is 2.87. The highest BCUT2D eigenvalue weighted by Gasteiger charge is 1.95. The molecule has 3 heteroatoms. The Morgan fingerprint density at radius 1 is 1.42 bits per heavy atom. The zero-order valence-corrected chi connectivity index (χ0v) is 7.59. The average Bonchev–Trinajstić information content (AvgIpc) is 2.07. The maximum absolute atomic E-state index is 5.35. The molecule has 0 aromatic carbocycles. The number of hydrogen-bond acceptors (Lipinski definition) is 3. The molecule has 0 bridgehead atoms. The molecule has 3 nitrogen and oxygen atoms in total. The van der Waals surface area contributed by atoms with Crippen LogP contribution in [0.5, 0.6) is 0 Å². The first-order valence-corrected chi connectivity index (χ1v) is 4.11. The molecular formula is C9H15N3. The molecule has 1 heterocycles. The summed E-state index contributed by atoms with van der Waals surface area (Å²) in [5, 5.41) is 3.13. The lowest BCUT2D eigenvalue weighted by atomic mass is 10.2. The van der Waals surface area contributed by atoms with E-state index in [-0.39, 0.29) is 0 Å². The number of aryl methyl sites for hydroxylation is 2. The number of aromatic nitrogens is 1. The summed E-state index contributed by atoms with van der Waals surface area (Å²) in [4.78, 5) is 4.21. The first-order valence-electron chi connectivity index (χ1n) is 4.11. The Kier molecular flexibility index (Phi) is 3.05. The van der Waals surface area contributed by atoms with Gasteiger partial charge in [-0.3, -0.25) is 0 Å². The van der Waals surface area contributed by atoms with E-state index >= 15 is 0 Å². The Morgan fingerprint density at radius 2 is 2.17 bits per heavy atom. The van der Waals surface area contributed by atoms with Gasteiger partial charge in [0.25, 0.3) is 0 Å². The van der Waals surface area contributed by atoms with E-state index in [1.165, 1.54) is 11.1 Å². The minimum Gasteiger partial charge on any atom is -0.369 e. The summed E-state index contributed by atoms with van der Waals surface area (Å²) in [5.74, 6) is 0.906. The highest BCUT2D eigenvalue weighted by molar-refractivity contribution is 5.39. The molecule has 0 aliphatic heterocycles. The highest BCUT2D eigenvalue weighted by atomic mass is 15.0. The molecule has 0 radical (unpaired) electrons. The van der Waals surface area contributed by atoms with Crippen LogP contribution in [0.4, 0.5) is 5.82 Å². The third-order valence-corrected chi connectivity index (χ3v) is 1.82. The van der Waals surface area contributed by atoms with E-state index in [0.29, 0.717) is 6.54 Å². The molecule has 0 atom stereocenters. The van der Waals surface area contributed by atoms with Crippen molar-refractivity contribution in [3.05, 3.63) is 23.4 Å². The van der Waals surface area contributed by atoms with Gasteiger partial charge in [-0.05, 0) is 31.0 Å². The van der Waals surface area contributed by atoms with E-state index in [1.807, 2.05) is 12.3 Å². The molecule has 1 aromatic heterocycles. The largest absolute Gasteiger partial charge is 0.369 e. The third-order valence-electron chi connectivity index (χ3n) is 1.82. The predicted molar refractivity (Wildman–Crippen MR) is 51.3 cm³/mol. The number of nitrogens with one attached hydrogen (secondary N) is 1. The van der Waals surface area contributed by atoms with Crippen molar-refractivity contribution in [2.45, 2.75) is 13.8 Å². The van der Waals surface area contributed by atoms with Crippen LogP contribution in [0.15, 0.2) is 12.3 Å². The Hall–Kier alpha value is -1.09. The lowest BCUT2D eigenvalue weighted by Crippen LogP contribution is -2.13. The van der Waals surface area contributed by atoms with E-state index in [1.54, 1.807) is 0 Å². The van der Waals surface area contributed by atoms with Crippen LogP contribution in [0.1, 0.15) is 11.1 Å². The van der Waals surface area contributed by atoms with Crippen LogP contribution in [0.2, 0.25) is 0 Å². The van der Waals surface area contributed by atoms with Crippen molar-refractivity contribution in [1.29, 1.82) is 0 Å². The number of hydrogen-bond donors (Lipinski definition) is 2. The summed E-state index contributed by atoms with van der Waals surface area (Å²) in [6, 6.07) is 2.03. The monoisotopic (exact) mass is 165 g/mol. The zero-order valence-electron chi connectivity index (χ0n) is 7.59. The molecule has 1 aromatic rings. The van der Waals surface area contributed by atoms with Gasteiger partial charge in [-0.1, -0.05) is 0 Å². The van der Waals surface area contributed by atoms with Crippen molar-refractivity contribution in [2.24, 2.45) is 5.73 Å². The minimum absolute atomic E-state index is 0.634. The van der Waals surface area contributed by atoms with Crippen LogP contribution in [0, 0.1) is 13.8 Å². The molecule has 12 heavy (non-hydrogen) atoms. The summed E-state index contributed by atoms with van der Waals surface area (Å²) < 4.78 is 0. The van der Waals surface area contributed by atoms with Crippen LogP contribution >= 0.6 is 0 Å². The quantitative estimate of drug-likeness (QED) is 0.704. The smallest absolute Gasteiger partial charge is 0.126 e. The van der Waals surface area contributed by atoms with Crippen molar-refractivity contribution in [2.75, 3.05) is 18.4 Å². The second-order valence-corrected chi connectivity index (χ2v) is 2.87. The number of rotatable bonds is 3. The summed E-state index contributed by atoms with van der Waals surface area (Å²) in [7, 11) is 0. The Labute approximate surface area is 73.0 Å². The number of anilines is 1. The van der Waals surface area contributed by atoms with Crippen molar-refractivity contribution in [1.82, 2.24) is 4.98 Å². The molecule has 0 aliphatic carbocycles. The Morgan fingerprint density at radius 3 is 2.75 bits per heavy atom. The van der Waals surface area contributed by atoms with Crippen LogP contribution in [-0.2, 0) is 0 Å². The van der Waals surface area contributed by atoms with Crippen molar-refractivity contribution in [3.8, 4) is 0 Å². The maximum Gasteiger partial charge on any atom is 0.126 e. The summed E-state index contributed by atoms with van der Waals surface area (Å²) in [6.07, 6.45) is 1.87. The van der Waals surface area contributed by atoms with Crippen LogP contribution < -0.4 is 11.1 Å². The molecule has 0 unspecified atom stereocenters. The van der Waals surface area contributed by atoms with Crippen molar-refractivity contribution >= 4 is 5.82 Å². The lowest BCUT2D eigenvalue weighted by molar-refractivity contribution is 1.01. The van der Waals surface area contributed by atoms with Crippen molar-refractivity contribution in [3.63, 3.8) is 0 Å². The van der Waals surface area contributed by atoms with Crippen LogP contribution in [0.3, 0.4) is 0 Å². The van der Waals surface area contributed by atoms with Gasteiger partial charge in [0.05, 0.1) is 0 Å². The van der Waals surface area contributed by atoms with Gasteiger partial charge >= 0.3 is 0 Å². The van der Waals surface area contributed by atoms with Crippen LogP contribution in [0.25, 0.3) is 0 Å². The number of nitrogens with two attached hydrogens (primary N) is 1. The Bertz CT molecular complexity index is 258. The fourth-order valence-electron chi connectivity index (χ4n) is 0.921. The SMILES string of the molecule is Cc1cnc(NCCN)cc1C. The van der Waals surface area contributed by atoms with Gasteiger partial charge in [0.2, 0.25) is 0 Å². The normalized spacial score (nSPS) is 9.92. The first-order chi connectivity index (χ1) is 5.74. The number of pyridine rings is 1. The van der Waals surface area contributed by atoms with Crippen LogP contribution in [-0.4, -0.2) is 18.1 Å². The average molecular weight is 165 g/mol. The molecule has 0 saturated carbocycles. The van der Waals surface area contributed by atoms with E-state index in [9.17, 15) is 0 Å². The van der Waals surface area contributed by atoms with E-state index < -0.39 is 0 Å². The number of nitrogens with zero attached hydrogens (tertiary/aromatic N) is 1. The minimum atomic E-state index is 0.634. The second kappa shape index (κ2) is 4.07. The first kappa shape index (κ1) is 9.00. The molecule has 1 rings (SSSR count). The lowest BCUT2D eigenvalue weighted by Gasteiger charge is -2.05. The third kappa shape index (κ3) is 2.20. The van der Waals surface area contributed by atoms with E-state index in [2.05, 4.69) is 24.1 Å². The van der Waals surface area contributed by atoms with Gasteiger partial charge in [0.15, 0.2) is 0 Å². The standard InChI is InChI=1S/C9H15N3/c1-7-5-9(11-4-3-10)12-6-8(7)2/h5-6H,3-4,10H2,1-2H3,(H,11,12). The molecule has 0 amide bonds. The molecule has 0 aliphatic rings. The van der Waals surface area contributed by atoms with Gasteiger partial charge < -0.3 is 11.1 Å². The van der Waals surface area contributed by atoms with Gasteiger partial charge in [-0.25, -0.2) is 4.98 Å². The van der Waals surface area contributed by atoms with Crippen molar-refractivity contribution < 1.29 is 0 Å². The fraction of sp³-hybridized carbons (Fsp3) is 0.444. The van der Waals surface area contributed by atoms with E-state index in [4.69, 9.17) is 5.73 Å². The van der Waals surface area contributed by atoms with Gasteiger partial charge in [0.1, 0.15) is 5.82 Å². The van der Waals surface area contributed by atoms with Gasteiger partial charge in [0, 0.05) is 19.3 Å². The predicted octanol–water partition coefficient (Wildman–Crippen LogP) is 1.07. The molecule has 0 saturated heterocycles. The fourth-order valence-corrected chi connectivity index (χ4v) is 0.921. The van der Waals surface area contributed by atoms with E-state index in [0.717, 1.165) is 12.4 Å². The Balaban J connectivity index is 2.69. The molecule has 66 valence electrons. The summed E-state index contributed by atoms with van der Waals surface area (Å²) in [5.41, 5.74) is 7.82. The summed E-state index contributed by atoms with van der Waals surface area (Å²) in [6.45, 7) is 5.53. The zero-order chi connectivity index (χ0) is 8.97. The summed E-state index contributed by atoms with van der Waals surface area (Å²) >= 11 is 0. The molecule has 0 fully saturated rings. The van der Waals surface area contributed by atoms with Gasteiger partial charge in [-0.2, -0.15) is 0 Å². The maximum atomic E-state index is 5.35. The van der Waals surface area contributed by atoms with Gasteiger partial charge in [-0.15, -0.1) is 0 Å². The highest BCUT2D eigenvalue weighted by Crippen LogP contribution is 2.09. The molecule has 3 N–H and O–H groups in total. The molecule has 0 spiro atoms. The topological polar surface area (TPSA) is 50.9 Å².